The van der Waals surface area contributed by atoms with Crippen molar-refractivity contribution in [3.8, 4) is 23.5 Å². The molecule has 3 aromatic rings. The molecule has 0 unspecified atom stereocenters. The Balaban J connectivity index is 2.00. The maximum absolute atomic E-state index is 8.68. The van der Waals surface area contributed by atoms with E-state index >= 15 is 0 Å². The third-order valence-corrected chi connectivity index (χ3v) is 3.42. The van der Waals surface area contributed by atoms with Gasteiger partial charge in [-0.15, -0.1) is 0 Å². The predicted molar refractivity (Wildman–Crippen MR) is 88.4 cm³/mol. The molecule has 6 nitrogen and oxygen atoms in total. The van der Waals surface area contributed by atoms with E-state index in [0.29, 0.717) is 5.69 Å². The van der Waals surface area contributed by atoms with Crippen LogP contribution in [0.15, 0.2) is 53.6 Å². The van der Waals surface area contributed by atoms with Gasteiger partial charge in [0.25, 0.3) is 0 Å². The number of hydrogen-bond acceptors (Lipinski definition) is 5. The van der Waals surface area contributed by atoms with E-state index in [1.54, 1.807) is 12.1 Å². The number of nitrogens with zero attached hydrogens (tertiary/aromatic N) is 5. The van der Waals surface area contributed by atoms with Crippen LogP contribution in [-0.2, 0) is 7.05 Å². The maximum atomic E-state index is 8.68. The molecule has 110 valence electrons. The summed E-state index contributed by atoms with van der Waals surface area (Å²) >= 11 is 0. The first-order chi connectivity index (χ1) is 11.2. The lowest BCUT2D eigenvalue weighted by Crippen LogP contribution is -1.96. The fourth-order valence-corrected chi connectivity index (χ4v) is 2.31. The highest BCUT2D eigenvalue weighted by atomic mass is 15.3. The van der Waals surface area contributed by atoms with Crippen LogP contribution in [0.3, 0.4) is 0 Å². The third-order valence-electron chi connectivity index (χ3n) is 3.42. The van der Waals surface area contributed by atoms with E-state index < -0.39 is 0 Å². The molecule has 1 aromatic heterocycles. The van der Waals surface area contributed by atoms with Crippen molar-refractivity contribution in [3.05, 3.63) is 48.5 Å². The van der Waals surface area contributed by atoms with E-state index in [1.165, 1.54) is 0 Å². The molecular formula is C17H12N6. The van der Waals surface area contributed by atoms with Crippen molar-refractivity contribution in [2.24, 2.45) is 12.1 Å². The Morgan fingerprint density at radius 2 is 1.87 bits per heavy atom. The summed E-state index contributed by atoms with van der Waals surface area (Å²) in [7, 11) is 1.96. The van der Waals surface area contributed by atoms with Crippen molar-refractivity contribution < 1.29 is 0 Å². The van der Waals surface area contributed by atoms with Crippen LogP contribution in [0.4, 0.5) is 5.69 Å². The van der Waals surface area contributed by atoms with Crippen molar-refractivity contribution in [1.82, 2.24) is 9.55 Å². The second kappa shape index (κ2) is 6.00. The van der Waals surface area contributed by atoms with Crippen LogP contribution in [-0.4, -0.2) is 15.3 Å². The van der Waals surface area contributed by atoms with Crippen LogP contribution >= 0.6 is 0 Å². The molecule has 0 saturated heterocycles. The summed E-state index contributed by atoms with van der Waals surface area (Å²) in [4.78, 5) is 4.66. The number of fused-ring (bicyclic) bond motifs is 1. The number of aryl methyl sites for hydroxylation is 1. The first-order valence-corrected chi connectivity index (χ1v) is 6.88. The number of rotatable bonds is 3. The first kappa shape index (κ1) is 14.3. The van der Waals surface area contributed by atoms with E-state index in [1.807, 2.05) is 60.1 Å². The van der Waals surface area contributed by atoms with Crippen molar-refractivity contribution in [2.75, 3.05) is 5.43 Å². The average molecular weight is 300 g/mol. The van der Waals surface area contributed by atoms with Crippen molar-refractivity contribution in [3.63, 3.8) is 0 Å². The SMILES string of the molecule is Cn1c(-c2ccccc2)nc2cc(NN=C(C#N)C#N)ccc21. The van der Waals surface area contributed by atoms with Gasteiger partial charge in [-0.25, -0.2) is 4.98 Å². The van der Waals surface area contributed by atoms with Crippen LogP contribution < -0.4 is 5.43 Å². The molecule has 0 atom stereocenters. The fourth-order valence-electron chi connectivity index (χ4n) is 2.31. The normalized spacial score (nSPS) is 9.87. The molecule has 6 heteroatoms. The van der Waals surface area contributed by atoms with Gasteiger partial charge < -0.3 is 4.57 Å². The molecule has 0 saturated carbocycles. The van der Waals surface area contributed by atoms with E-state index in [4.69, 9.17) is 10.5 Å². The third kappa shape index (κ3) is 2.74. The Bertz CT molecular complexity index is 954. The van der Waals surface area contributed by atoms with Crippen LogP contribution in [0.1, 0.15) is 0 Å². The fraction of sp³-hybridized carbons (Fsp3) is 0.0588. The molecule has 0 radical (unpaired) electrons. The van der Waals surface area contributed by atoms with Crippen LogP contribution in [0.25, 0.3) is 22.4 Å². The number of hydrogen-bond donors (Lipinski definition) is 1. The number of aromatic nitrogens is 2. The Morgan fingerprint density at radius 3 is 2.57 bits per heavy atom. The lowest BCUT2D eigenvalue weighted by Gasteiger charge is -2.02. The molecule has 0 aliphatic heterocycles. The van der Waals surface area contributed by atoms with Gasteiger partial charge in [0.15, 0.2) is 0 Å². The van der Waals surface area contributed by atoms with Gasteiger partial charge in [-0.3, -0.25) is 5.43 Å². The summed E-state index contributed by atoms with van der Waals surface area (Å²) in [6.45, 7) is 0. The number of imidazole rings is 1. The molecule has 2 aromatic carbocycles. The summed E-state index contributed by atoms with van der Waals surface area (Å²) in [5.74, 6) is 0.871. The summed E-state index contributed by atoms with van der Waals surface area (Å²) in [6, 6.07) is 18.9. The molecular weight excluding hydrogens is 288 g/mol. The number of hydrazone groups is 1. The number of benzene rings is 2. The van der Waals surface area contributed by atoms with E-state index in [2.05, 4.69) is 15.5 Å². The molecule has 0 spiro atoms. The molecule has 0 fully saturated rings. The minimum absolute atomic E-state index is 0.226. The minimum atomic E-state index is -0.226. The van der Waals surface area contributed by atoms with Crippen LogP contribution in [0.5, 0.6) is 0 Å². The van der Waals surface area contributed by atoms with Gasteiger partial charge in [0.2, 0.25) is 5.71 Å². The molecule has 1 N–H and O–H groups in total. The topological polar surface area (TPSA) is 89.8 Å². The van der Waals surface area contributed by atoms with E-state index in [9.17, 15) is 0 Å². The zero-order chi connectivity index (χ0) is 16.2. The largest absolute Gasteiger partial charge is 0.327 e. The van der Waals surface area contributed by atoms with Crippen molar-refractivity contribution in [2.45, 2.75) is 0 Å². The lowest BCUT2D eigenvalue weighted by molar-refractivity contribution is 0.959. The van der Waals surface area contributed by atoms with Gasteiger partial charge in [-0.1, -0.05) is 30.3 Å². The molecule has 0 bridgehead atoms. The molecule has 0 aliphatic carbocycles. The van der Waals surface area contributed by atoms with Gasteiger partial charge in [0.1, 0.15) is 18.0 Å². The summed E-state index contributed by atoms with van der Waals surface area (Å²) in [5, 5.41) is 21.1. The number of anilines is 1. The zero-order valence-corrected chi connectivity index (χ0v) is 12.4. The molecule has 23 heavy (non-hydrogen) atoms. The highest BCUT2D eigenvalue weighted by molar-refractivity contribution is 6.10. The Kier molecular flexibility index (Phi) is 3.73. The quantitative estimate of drug-likeness (QED) is 0.594. The Hall–Kier alpha value is -3.64. The van der Waals surface area contributed by atoms with Gasteiger partial charge in [-0.05, 0) is 18.2 Å². The molecule has 0 amide bonds. The van der Waals surface area contributed by atoms with Crippen LogP contribution in [0, 0.1) is 22.7 Å². The number of nitrogens with one attached hydrogen (secondary N) is 1. The summed E-state index contributed by atoms with van der Waals surface area (Å²) < 4.78 is 2.02. The molecule has 3 rings (SSSR count). The highest BCUT2D eigenvalue weighted by Crippen LogP contribution is 2.25. The van der Waals surface area contributed by atoms with E-state index in [0.717, 1.165) is 22.4 Å². The summed E-state index contributed by atoms with van der Waals surface area (Å²) in [6.07, 6.45) is 0. The minimum Gasteiger partial charge on any atom is -0.327 e. The lowest BCUT2D eigenvalue weighted by atomic mass is 10.2. The average Bonchev–Trinajstić information content (AvgIpc) is 2.93. The van der Waals surface area contributed by atoms with Crippen molar-refractivity contribution in [1.29, 1.82) is 10.5 Å². The van der Waals surface area contributed by atoms with Gasteiger partial charge in [-0.2, -0.15) is 15.6 Å². The van der Waals surface area contributed by atoms with Gasteiger partial charge >= 0.3 is 0 Å². The first-order valence-electron chi connectivity index (χ1n) is 6.88. The highest BCUT2D eigenvalue weighted by Gasteiger charge is 2.09. The number of nitriles is 2. The second-order valence-corrected chi connectivity index (χ2v) is 4.86. The maximum Gasteiger partial charge on any atom is 0.237 e. The van der Waals surface area contributed by atoms with Gasteiger partial charge in [0.05, 0.1) is 16.7 Å². The van der Waals surface area contributed by atoms with E-state index in [-0.39, 0.29) is 5.71 Å². The monoisotopic (exact) mass is 300 g/mol. The molecule has 1 heterocycles. The Labute approximate surface area is 132 Å². The van der Waals surface area contributed by atoms with Crippen molar-refractivity contribution >= 4 is 22.4 Å². The Morgan fingerprint density at radius 1 is 1.13 bits per heavy atom. The van der Waals surface area contributed by atoms with Crippen LogP contribution in [0.2, 0.25) is 0 Å². The van der Waals surface area contributed by atoms with Gasteiger partial charge in [0, 0.05) is 12.6 Å². The second-order valence-electron chi connectivity index (χ2n) is 4.86. The summed E-state index contributed by atoms with van der Waals surface area (Å²) in [5.41, 5.74) is 5.97. The standard InChI is InChI=1S/C17H12N6/c1-23-16-8-7-13(21-22-14(10-18)11-19)9-15(16)20-17(23)12-5-3-2-4-6-12/h2-9,21H,1H3. The smallest absolute Gasteiger partial charge is 0.237 e. The molecule has 0 aliphatic rings. The predicted octanol–water partition coefficient (Wildman–Crippen LogP) is 3.06. The zero-order valence-electron chi connectivity index (χ0n) is 12.4.